The molecule has 0 radical (unpaired) electrons. The summed E-state index contributed by atoms with van der Waals surface area (Å²) in [6, 6.07) is 1.86. The average Bonchev–Trinajstić information content (AvgIpc) is 2.16. The third-order valence-corrected chi connectivity index (χ3v) is 2.40. The fourth-order valence-corrected chi connectivity index (χ4v) is 1.61. The largest absolute Gasteiger partial charge is 0.481 e. The van der Waals surface area contributed by atoms with E-state index < -0.39 is 35.0 Å². The van der Waals surface area contributed by atoms with Gasteiger partial charge in [0.25, 0.3) is 0 Å². The lowest BCUT2D eigenvalue weighted by molar-refractivity contribution is -0.141. The quantitative estimate of drug-likeness (QED) is 0.834. The number of rotatable bonds is 3. The molecule has 17 heavy (non-hydrogen) atoms. The number of aliphatic carboxylic acids is 1. The van der Waals surface area contributed by atoms with Gasteiger partial charge in [-0.15, -0.1) is 0 Å². The van der Waals surface area contributed by atoms with Gasteiger partial charge in [-0.1, -0.05) is 6.92 Å². The number of carboxylic acid groups (broad SMARTS) is 1. The molecule has 94 valence electrons. The second-order valence-electron chi connectivity index (χ2n) is 3.53. The summed E-state index contributed by atoms with van der Waals surface area (Å²) < 4.78 is 50.8. The first-order chi connectivity index (χ1) is 7.77. The second-order valence-corrected chi connectivity index (χ2v) is 3.53. The Bertz CT molecular complexity index is 426. The third-order valence-electron chi connectivity index (χ3n) is 2.40. The molecular weight excluding hydrogens is 240 g/mol. The fourth-order valence-electron chi connectivity index (χ4n) is 1.61. The average molecular weight is 250 g/mol. The number of hydrogen-bond donors (Lipinski definition) is 1. The molecule has 6 heteroatoms. The lowest BCUT2D eigenvalue weighted by Crippen LogP contribution is -2.17. The van der Waals surface area contributed by atoms with Gasteiger partial charge in [-0.3, -0.25) is 4.79 Å². The highest BCUT2D eigenvalue weighted by atomic mass is 19.4. The molecule has 0 aliphatic carbocycles. The molecule has 0 saturated carbocycles. The van der Waals surface area contributed by atoms with Gasteiger partial charge < -0.3 is 5.11 Å². The van der Waals surface area contributed by atoms with Gasteiger partial charge in [0.1, 0.15) is 5.82 Å². The Kier molecular flexibility index (Phi) is 3.75. The zero-order valence-electron chi connectivity index (χ0n) is 8.88. The molecule has 1 aromatic rings. The monoisotopic (exact) mass is 250 g/mol. The molecule has 1 unspecified atom stereocenters. The number of benzene rings is 1. The van der Waals surface area contributed by atoms with E-state index in [-0.39, 0.29) is 6.42 Å². The van der Waals surface area contributed by atoms with E-state index in [9.17, 15) is 22.4 Å². The smallest absolute Gasteiger partial charge is 0.416 e. The molecule has 1 rings (SSSR count). The van der Waals surface area contributed by atoms with Crippen molar-refractivity contribution in [1.82, 2.24) is 0 Å². The maximum absolute atomic E-state index is 12.9. The van der Waals surface area contributed by atoms with Crippen LogP contribution in [0.25, 0.3) is 0 Å². The summed E-state index contributed by atoms with van der Waals surface area (Å²) in [7, 11) is 0. The summed E-state index contributed by atoms with van der Waals surface area (Å²) >= 11 is 0. The molecule has 0 saturated heterocycles. The van der Waals surface area contributed by atoms with Gasteiger partial charge in [0, 0.05) is 0 Å². The predicted molar refractivity (Wildman–Crippen MR) is 52.1 cm³/mol. The van der Waals surface area contributed by atoms with Gasteiger partial charge >= 0.3 is 12.1 Å². The lowest BCUT2D eigenvalue weighted by Gasteiger charge is -2.17. The van der Waals surface area contributed by atoms with E-state index in [2.05, 4.69) is 0 Å². The predicted octanol–water partition coefficient (Wildman–Crippen LogP) is 3.42. The number of carboxylic acids is 1. The maximum atomic E-state index is 12.9. The minimum absolute atomic E-state index is 0.0398. The number of hydrogen-bond acceptors (Lipinski definition) is 1. The van der Waals surface area contributed by atoms with Crippen LogP contribution in [-0.4, -0.2) is 11.1 Å². The van der Waals surface area contributed by atoms with Gasteiger partial charge in [-0.2, -0.15) is 13.2 Å². The van der Waals surface area contributed by atoms with E-state index in [1.165, 1.54) is 6.92 Å². The van der Waals surface area contributed by atoms with Crippen molar-refractivity contribution >= 4 is 5.97 Å². The van der Waals surface area contributed by atoms with Crippen molar-refractivity contribution in [3.8, 4) is 0 Å². The zero-order chi connectivity index (χ0) is 13.2. The van der Waals surface area contributed by atoms with Crippen molar-refractivity contribution < 1.29 is 27.5 Å². The van der Waals surface area contributed by atoms with E-state index in [1.807, 2.05) is 0 Å². The molecule has 0 bridgehead atoms. The Balaban J connectivity index is 3.38. The van der Waals surface area contributed by atoms with Crippen molar-refractivity contribution in [2.45, 2.75) is 25.4 Å². The lowest BCUT2D eigenvalue weighted by atomic mass is 9.92. The second kappa shape index (κ2) is 4.73. The Labute approximate surface area is 94.9 Å². The molecule has 0 spiro atoms. The van der Waals surface area contributed by atoms with Crippen molar-refractivity contribution in [1.29, 1.82) is 0 Å². The standard InChI is InChI=1S/C11H10F4O2/c1-2-7(10(16)17)8-5-6(12)3-4-9(8)11(13,14)15/h3-5,7H,2H2,1H3,(H,16,17). The molecular formula is C11H10F4O2. The Morgan fingerprint density at radius 1 is 1.41 bits per heavy atom. The Hall–Kier alpha value is -1.59. The van der Waals surface area contributed by atoms with Crippen LogP contribution in [0.2, 0.25) is 0 Å². The van der Waals surface area contributed by atoms with Crippen molar-refractivity contribution in [3.63, 3.8) is 0 Å². The Morgan fingerprint density at radius 3 is 2.41 bits per heavy atom. The van der Waals surface area contributed by atoms with Gasteiger partial charge in [0.2, 0.25) is 0 Å². The van der Waals surface area contributed by atoms with Crippen LogP contribution < -0.4 is 0 Å². The third kappa shape index (κ3) is 2.95. The summed E-state index contributed by atoms with van der Waals surface area (Å²) in [4.78, 5) is 10.8. The molecule has 1 N–H and O–H groups in total. The molecule has 0 aliphatic heterocycles. The topological polar surface area (TPSA) is 37.3 Å². The number of alkyl halides is 3. The summed E-state index contributed by atoms with van der Waals surface area (Å²) in [5, 5.41) is 8.82. The molecule has 2 nitrogen and oxygen atoms in total. The van der Waals surface area contributed by atoms with Crippen LogP contribution in [-0.2, 0) is 11.0 Å². The minimum atomic E-state index is -4.69. The summed E-state index contributed by atoms with van der Waals surface area (Å²) in [6.07, 6.45) is -4.73. The summed E-state index contributed by atoms with van der Waals surface area (Å²) in [5.74, 6) is -3.64. The van der Waals surface area contributed by atoms with E-state index in [4.69, 9.17) is 5.11 Å². The first-order valence-corrected chi connectivity index (χ1v) is 4.86. The van der Waals surface area contributed by atoms with Crippen LogP contribution in [0, 0.1) is 5.82 Å². The fraction of sp³-hybridized carbons (Fsp3) is 0.364. The van der Waals surface area contributed by atoms with Crippen LogP contribution in [0.3, 0.4) is 0 Å². The minimum Gasteiger partial charge on any atom is -0.481 e. The van der Waals surface area contributed by atoms with Crippen LogP contribution in [0.4, 0.5) is 17.6 Å². The van der Waals surface area contributed by atoms with E-state index in [1.54, 1.807) is 0 Å². The van der Waals surface area contributed by atoms with Crippen molar-refractivity contribution in [3.05, 3.63) is 35.1 Å². The van der Waals surface area contributed by atoms with E-state index in [0.29, 0.717) is 18.2 Å². The highest BCUT2D eigenvalue weighted by molar-refractivity contribution is 5.76. The maximum Gasteiger partial charge on any atom is 0.416 e. The summed E-state index contributed by atoms with van der Waals surface area (Å²) in [5.41, 5.74) is -1.64. The molecule has 1 atom stereocenters. The molecule has 0 heterocycles. The van der Waals surface area contributed by atoms with Crippen LogP contribution in [0.15, 0.2) is 18.2 Å². The van der Waals surface area contributed by atoms with Gasteiger partial charge in [0.05, 0.1) is 11.5 Å². The summed E-state index contributed by atoms with van der Waals surface area (Å²) in [6.45, 7) is 1.43. The van der Waals surface area contributed by atoms with Crippen LogP contribution in [0.5, 0.6) is 0 Å². The normalized spacial score (nSPS) is 13.5. The highest BCUT2D eigenvalue weighted by Crippen LogP contribution is 2.36. The van der Waals surface area contributed by atoms with E-state index >= 15 is 0 Å². The van der Waals surface area contributed by atoms with Crippen molar-refractivity contribution in [2.24, 2.45) is 0 Å². The first-order valence-electron chi connectivity index (χ1n) is 4.86. The molecule has 0 amide bonds. The zero-order valence-corrected chi connectivity index (χ0v) is 8.88. The molecule has 1 aromatic carbocycles. The molecule has 0 aliphatic rings. The highest BCUT2D eigenvalue weighted by Gasteiger charge is 2.36. The number of halogens is 4. The first kappa shape index (κ1) is 13.5. The van der Waals surface area contributed by atoms with Gasteiger partial charge in [0.15, 0.2) is 0 Å². The van der Waals surface area contributed by atoms with Gasteiger partial charge in [-0.25, -0.2) is 4.39 Å². The SMILES string of the molecule is CCC(C(=O)O)c1cc(F)ccc1C(F)(F)F. The van der Waals surface area contributed by atoms with Crippen LogP contribution >= 0.6 is 0 Å². The molecule has 0 aromatic heterocycles. The van der Waals surface area contributed by atoms with Crippen LogP contribution in [0.1, 0.15) is 30.4 Å². The van der Waals surface area contributed by atoms with E-state index in [0.717, 1.165) is 0 Å². The Morgan fingerprint density at radius 2 is 2.00 bits per heavy atom. The number of carbonyl (C=O) groups is 1. The molecule has 0 fully saturated rings. The van der Waals surface area contributed by atoms with Gasteiger partial charge in [-0.05, 0) is 30.2 Å². The van der Waals surface area contributed by atoms with Crippen molar-refractivity contribution in [2.75, 3.05) is 0 Å².